The Morgan fingerprint density at radius 1 is 1.16 bits per heavy atom. The van der Waals surface area contributed by atoms with Crippen molar-refractivity contribution in [3.63, 3.8) is 0 Å². The van der Waals surface area contributed by atoms with Crippen molar-refractivity contribution in [1.29, 1.82) is 0 Å². The first-order chi connectivity index (χ1) is 14.8. The van der Waals surface area contributed by atoms with Crippen LogP contribution in [0.15, 0.2) is 43.0 Å². The minimum absolute atomic E-state index is 0. The van der Waals surface area contributed by atoms with E-state index in [4.69, 9.17) is 9.47 Å². The zero-order chi connectivity index (χ0) is 22.6. The van der Waals surface area contributed by atoms with Crippen molar-refractivity contribution in [1.82, 2.24) is 4.90 Å². The molecule has 0 radical (unpaired) electrons. The lowest BCUT2D eigenvalue weighted by Crippen LogP contribution is -2.48. The zero-order valence-electron chi connectivity index (χ0n) is 18.9. The summed E-state index contributed by atoms with van der Waals surface area (Å²) in [6.07, 6.45) is 1.69. The number of carbonyl (C=O) groups excluding carboxylic acids is 2. The lowest BCUT2D eigenvalue weighted by molar-refractivity contribution is -0.893. The van der Waals surface area contributed by atoms with Crippen LogP contribution in [0, 0.1) is 0 Å². The highest BCUT2D eigenvalue weighted by molar-refractivity contribution is 6.26. The van der Waals surface area contributed by atoms with Gasteiger partial charge in [0.25, 0.3) is 11.8 Å². The fourth-order valence-corrected chi connectivity index (χ4v) is 4.16. The summed E-state index contributed by atoms with van der Waals surface area (Å²) in [4.78, 5) is 27.5. The van der Waals surface area contributed by atoms with Crippen LogP contribution in [0.4, 0.5) is 0 Å². The predicted octanol–water partition coefficient (Wildman–Crippen LogP) is 2.30. The monoisotopic (exact) mass is 444 g/mol. The van der Waals surface area contributed by atoms with Crippen LogP contribution in [0.1, 0.15) is 27.1 Å². The van der Waals surface area contributed by atoms with Crippen LogP contribution in [0.25, 0.3) is 10.8 Å². The molecule has 0 saturated heterocycles. The van der Waals surface area contributed by atoms with Crippen LogP contribution < -0.4 is 4.74 Å². The summed E-state index contributed by atoms with van der Waals surface area (Å²) >= 11 is 0. The van der Waals surface area contributed by atoms with Crippen LogP contribution in [0.5, 0.6) is 5.75 Å². The number of carbonyl (C=O) groups is 2. The summed E-state index contributed by atoms with van der Waals surface area (Å²) < 4.78 is 11.3. The number of aliphatic hydroxyl groups excluding tert-OH is 1. The minimum Gasteiger partial charge on any atom is -0.870 e. The van der Waals surface area contributed by atoms with Gasteiger partial charge in [-0.2, -0.15) is 0 Å². The Kier molecular flexibility index (Phi) is 8.51. The Balaban J connectivity index is 0.00000363. The summed E-state index contributed by atoms with van der Waals surface area (Å²) in [6, 6.07) is 8.93. The van der Waals surface area contributed by atoms with Crippen LogP contribution >= 0.6 is 0 Å². The van der Waals surface area contributed by atoms with Crippen molar-refractivity contribution in [3.05, 3.63) is 54.1 Å². The summed E-state index contributed by atoms with van der Waals surface area (Å²) in [5.41, 5.74) is 1.05. The van der Waals surface area contributed by atoms with Gasteiger partial charge < -0.3 is 24.5 Å². The fourth-order valence-electron chi connectivity index (χ4n) is 4.16. The SMILES string of the molecule is C=CCOCC(O)C[N+](C)(C)CCCN1C(=O)c2cccc3c(OC)ccc(c23)C1=O.[OH-]. The number of hydrogen-bond acceptors (Lipinski definition) is 6. The summed E-state index contributed by atoms with van der Waals surface area (Å²) in [7, 11) is 5.60. The molecular formula is C24H32N2O6. The molecule has 2 N–H and O–H groups in total. The van der Waals surface area contributed by atoms with E-state index in [9.17, 15) is 14.7 Å². The Labute approximate surface area is 188 Å². The number of aliphatic hydroxyl groups is 1. The largest absolute Gasteiger partial charge is 0.870 e. The number of amides is 2. The van der Waals surface area contributed by atoms with E-state index < -0.39 is 6.10 Å². The van der Waals surface area contributed by atoms with Crippen molar-refractivity contribution in [2.24, 2.45) is 0 Å². The smallest absolute Gasteiger partial charge is 0.261 e. The van der Waals surface area contributed by atoms with Gasteiger partial charge in [-0.25, -0.2) is 0 Å². The molecule has 8 heteroatoms. The number of imide groups is 1. The molecule has 2 aromatic carbocycles. The maximum atomic E-state index is 13.1. The van der Waals surface area contributed by atoms with E-state index in [1.54, 1.807) is 31.4 Å². The standard InChI is InChI=1S/C24H31N2O5.H2O/c1-5-14-31-16-17(27)15-26(2,3)13-7-12-25-23(28)19-9-6-8-18-21(30-4)11-10-20(22(18)19)24(25)29;/h5-6,8-11,17,27H,1,7,12-16H2,2-4H3;1H2/q+1;/p-1. The van der Waals surface area contributed by atoms with Gasteiger partial charge in [-0.15, -0.1) is 6.58 Å². The van der Waals surface area contributed by atoms with Gasteiger partial charge in [0.15, 0.2) is 0 Å². The molecule has 2 amide bonds. The van der Waals surface area contributed by atoms with Gasteiger partial charge in [-0.3, -0.25) is 14.5 Å². The van der Waals surface area contributed by atoms with E-state index in [-0.39, 0.29) is 23.9 Å². The van der Waals surface area contributed by atoms with Crippen LogP contribution in [0.3, 0.4) is 0 Å². The van der Waals surface area contributed by atoms with Crippen molar-refractivity contribution in [2.45, 2.75) is 12.5 Å². The van der Waals surface area contributed by atoms with Gasteiger partial charge in [0.1, 0.15) is 18.4 Å². The van der Waals surface area contributed by atoms with Gasteiger partial charge in [0.05, 0.1) is 41.0 Å². The van der Waals surface area contributed by atoms with Gasteiger partial charge in [-0.1, -0.05) is 18.2 Å². The Morgan fingerprint density at radius 2 is 1.84 bits per heavy atom. The van der Waals surface area contributed by atoms with Gasteiger partial charge in [-0.05, 0) is 18.2 Å². The number of quaternary nitrogens is 1. The Hall–Kier alpha value is -2.78. The molecule has 174 valence electrons. The van der Waals surface area contributed by atoms with Gasteiger partial charge in [0, 0.05) is 34.9 Å². The second kappa shape index (κ2) is 10.7. The first kappa shape index (κ1) is 25.5. The summed E-state index contributed by atoms with van der Waals surface area (Å²) in [5.74, 6) is 0.0864. The predicted molar refractivity (Wildman–Crippen MR) is 121 cm³/mol. The topological polar surface area (TPSA) is 106 Å². The molecule has 0 saturated carbocycles. The highest BCUT2D eigenvalue weighted by Crippen LogP contribution is 2.35. The molecule has 32 heavy (non-hydrogen) atoms. The third kappa shape index (κ3) is 5.34. The van der Waals surface area contributed by atoms with Crippen LogP contribution in [-0.4, -0.2) is 91.9 Å². The van der Waals surface area contributed by atoms with Gasteiger partial charge >= 0.3 is 0 Å². The Bertz CT molecular complexity index is 966. The molecule has 1 heterocycles. The number of hydrogen-bond donors (Lipinski definition) is 1. The molecule has 8 nitrogen and oxygen atoms in total. The van der Waals surface area contributed by atoms with Crippen molar-refractivity contribution >= 4 is 22.6 Å². The number of benzene rings is 2. The normalized spacial score (nSPS) is 14.3. The second-order valence-corrected chi connectivity index (χ2v) is 8.48. The van der Waals surface area contributed by atoms with E-state index in [1.165, 1.54) is 4.90 Å². The third-order valence-electron chi connectivity index (χ3n) is 5.57. The number of methoxy groups -OCH3 is 1. The number of rotatable bonds is 11. The third-order valence-corrected chi connectivity index (χ3v) is 5.57. The molecule has 0 bridgehead atoms. The molecule has 1 unspecified atom stereocenters. The van der Waals surface area contributed by atoms with Gasteiger partial charge in [0.2, 0.25) is 0 Å². The maximum absolute atomic E-state index is 13.1. The lowest BCUT2D eigenvalue weighted by atomic mass is 9.93. The van der Waals surface area contributed by atoms with E-state index >= 15 is 0 Å². The number of ether oxygens (including phenoxy) is 2. The van der Waals surface area contributed by atoms with Crippen LogP contribution in [-0.2, 0) is 4.74 Å². The van der Waals surface area contributed by atoms with Crippen LogP contribution in [0.2, 0.25) is 0 Å². The zero-order valence-corrected chi connectivity index (χ0v) is 18.9. The highest BCUT2D eigenvalue weighted by atomic mass is 16.5. The molecule has 3 rings (SSSR count). The number of nitrogens with zero attached hydrogens (tertiary/aromatic N) is 2. The van der Waals surface area contributed by atoms with E-state index in [1.807, 2.05) is 26.2 Å². The maximum Gasteiger partial charge on any atom is 0.261 e. The molecule has 0 aromatic heterocycles. The minimum atomic E-state index is -0.590. The summed E-state index contributed by atoms with van der Waals surface area (Å²) in [6.45, 7) is 5.79. The fraction of sp³-hybridized carbons (Fsp3) is 0.417. The molecule has 1 aliphatic heterocycles. The average Bonchev–Trinajstić information content (AvgIpc) is 2.73. The first-order valence-corrected chi connectivity index (χ1v) is 10.4. The number of likely N-dealkylation sites (N-methyl/N-ethyl adjacent to an activating group) is 1. The first-order valence-electron chi connectivity index (χ1n) is 10.4. The molecule has 0 fully saturated rings. The molecule has 0 aliphatic carbocycles. The van der Waals surface area contributed by atoms with E-state index in [0.29, 0.717) is 59.4 Å². The van der Waals surface area contributed by atoms with Crippen molar-refractivity contribution < 1.29 is 34.1 Å². The summed E-state index contributed by atoms with van der Waals surface area (Å²) in [5, 5.41) is 11.6. The van der Waals surface area contributed by atoms with Crippen molar-refractivity contribution in [3.8, 4) is 5.75 Å². The molecular weight excluding hydrogens is 412 g/mol. The van der Waals surface area contributed by atoms with E-state index in [0.717, 1.165) is 5.39 Å². The molecule has 0 spiro atoms. The van der Waals surface area contributed by atoms with E-state index in [2.05, 4.69) is 6.58 Å². The molecule has 2 aromatic rings. The Morgan fingerprint density at radius 3 is 2.50 bits per heavy atom. The second-order valence-electron chi connectivity index (χ2n) is 8.48. The quantitative estimate of drug-likeness (QED) is 0.247. The molecule has 1 aliphatic rings. The van der Waals surface area contributed by atoms with Crippen molar-refractivity contribution in [2.75, 3.05) is 54.1 Å². The molecule has 1 atom stereocenters. The highest BCUT2D eigenvalue weighted by Gasteiger charge is 2.33. The lowest BCUT2D eigenvalue weighted by Gasteiger charge is -2.33. The average molecular weight is 445 g/mol.